The van der Waals surface area contributed by atoms with Crippen LogP contribution < -0.4 is 4.74 Å². The zero-order chi connectivity index (χ0) is 20.2. The maximum Gasteiger partial charge on any atom is 0.177 e. The van der Waals surface area contributed by atoms with Crippen LogP contribution in [-0.4, -0.2) is 28.9 Å². The van der Waals surface area contributed by atoms with Crippen LogP contribution in [0.25, 0.3) is 0 Å². The Morgan fingerprint density at radius 3 is 1.85 bits per heavy atom. The highest BCUT2D eigenvalue weighted by Gasteiger charge is 2.33. The number of aliphatic hydroxyl groups is 1. The summed E-state index contributed by atoms with van der Waals surface area (Å²) in [5, 5.41) is 9.53. The molecule has 0 aliphatic carbocycles. The van der Waals surface area contributed by atoms with Crippen molar-refractivity contribution >= 4 is 16.6 Å². The van der Waals surface area contributed by atoms with Crippen molar-refractivity contribution in [1.82, 2.24) is 0 Å². The molecule has 0 bridgehead atoms. The standard InChI is InChI=1S/C22H34O3Si2/c1-17-8-10-19(12-21(17)14-23)15-26(4,5)25-27(6,7)16-20-11-9-18(2)22(13-20)24-3/h8-13,23H,14-16H2,1-7H3. The molecule has 3 nitrogen and oxygen atoms in total. The molecule has 27 heavy (non-hydrogen) atoms. The predicted octanol–water partition coefficient (Wildman–Crippen LogP) is 5.09. The molecule has 1 N–H and O–H groups in total. The molecular weight excluding hydrogens is 368 g/mol. The number of ether oxygens (including phenoxy) is 1. The highest BCUT2D eigenvalue weighted by molar-refractivity contribution is 6.84. The SMILES string of the molecule is COc1cc(C[Si](C)(C)O[Si](C)(C)Cc2ccc(C)c(CO)c2)ccc1C. The van der Waals surface area contributed by atoms with E-state index in [1.165, 1.54) is 11.1 Å². The van der Waals surface area contributed by atoms with Gasteiger partial charge in [-0.25, -0.2) is 0 Å². The summed E-state index contributed by atoms with van der Waals surface area (Å²) in [5.74, 6) is 0.949. The van der Waals surface area contributed by atoms with Gasteiger partial charge >= 0.3 is 0 Å². The molecule has 2 rings (SSSR count). The van der Waals surface area contributed by atoms with Gasteiger partial charge in [-0.1, -0.05) is 30.3 Å². The minimum absolute atomic E-state index is 0.0953. The summed E-state index contributed by atoms with van der Waals surface area (Å²) in [6.07, 6.45) is 0. The maximum atomic E-state index is 9.53. The summed E-state index contributed by atoms with van der Waals surface area (Å²) in [6, 6.07) is 14.8. The Balaban J connectivity index is 2.10. The minimum atomic E-state index is -1.87. The second-order valence-corrected chi connectivity index (χ2v) is 17.3. The van der Waals surface area contributed by atoms with Crippen LogP contribution in [0.5, 0.6) is 5.75 Å². The molecule has 0 saturated heterocycles. The molecule has 5 heteroatoms. The number of methoxy groups -OCH3 is 1. The first-order chi connectivity index (χ1) is 12.5. The highest BCUT2D eigenvalue weighted by Crippen LogP contribution is 2.26. The molecule has 0 saturated carbocycles. The lowest BCUT2D eigenvalue weighted by Gasteiger charge is -2.34. The fourth-order valence-corrected chi connectivity index (χ4v) is 12.7. The van der Waals surface area contributed by atoms with E-state index < -0.39 is 16.6 Å². The Hall–Kier alpha value is -1.41. The van der Waals surface area contributed by atoms with Crippen molar-refractivity contribution in [1.29, 1.82) is 0 Å². The second-order valence-electron chi connectivity index (χ2n) is 8.70. The third-order valence-corrected chi connectivity index (χ3v) is 11.8. The Kier molecular flexibility index (Phi) is 7.08. The molecule has 0 fully saturated rings. The minimum Gasteiger partial charge on any atom is -0.496 e. The van der Waals surface area contributed by atoms with Gasteiger partial charge in [0.15, 0.2) is 16.6 Å². The summed E-state index contributed by atoms with van der Waals surface area (Å²) in [5.41, 5.74) is 5.88. The van der Waals surface area contributed by atoms with Gasteiger partial charge in [0.1, 0.15) is 5.75 Å². The lowest BCUT2D eigenvalue weighted by Crippen LogP contribution is -2.47. The van der Waals surface area contributed by atoms with Gasteiger partial charge in [0, 0.05) is 0 Å². The van der Waals surface area contributed by atoms with Crippen molar-refractivity contribution < 1.29 is 14.0 Å². The van der Waals surface area contributed by atoms with Crippen molar-refractivity contribution in [2.75, 3.05) is 7.11 Å². The first-order valence-corrected chi connectivity index (χ1v) is 15.8. The van der Waals surface area contributed by atoms with E-state index in [1.54, 1.807) is 7.11 Å². The Morgan fingerprint density at radius 1 is 0.815 bits per heavy atom. The van der Waals surface area contributed by atoms with Gasteiger partial charge in [0.25, 0.3) is 0 Å². The lowest BCUT2D eigenvalue weighted by molar-refractivity contribution is 0.281. The maximum absolute atomic E-state index is 9.53. The zero-order valence-electron chi connectivity index (χ0n) is 17.8. The Labute approximate surface area is 166 Å². The number of hydrogen-bond donors (Lipinski definition) is 1. The van der Waals surface area contributed by atoms with Crippen molar-refractivity contribution in [2.45, 2.75) is 58.7 Å². The quantitative estimate of drug-likeness (QED) is 0.625. The molecule has 2 aromatic carbocycles. The van der Waals surface area contributed by atoms with Crippen molar-refractivity contribution in [3.63, 3.8) is 0 Å². The van der Waals surface area contributed by atoms with Gasteiger partial charge in [-0.3, -0.25) is 0 Å². The van der Waals surface area contributed by atoms with E-state index in [0.29, 0.717) is 0 Å². The van der Waals surface area contributed by atoms with Crippen LogP contribution in [0.2, 0.25) is 26.2 Å². The van der Waals surface area contributed by atoms with E-state index in [1.807, 2.05) is 6.92 Å². The normalized spacial score (nSPS) is 12.3. The van der Waals surface area contributed by atoms with E-state index >= 15 is 0 Å². The van der Waals surface area contributed by atoms with Crippen LogP contribution in [-0.2, 0) is 22.8 Å². The van der Waals surface area contributed by atoms with Crippen molar-refractivity contribution in [3.8, 4) is 5.75 Å². The topological polar surface area (TPSA) is 38.7 Å². The molecule has 0 amide bonds. The van der Waals surface area contributed by atoms with E-state index in [2.05, 4.69) is 69.5 Å². The Bertz CT molecular complexity index is 720. The number of aryl methyl sites for hydroxylation is 2. The van der Waals surface area contributed by atoms with Gasteiger partial charge in [0.2, 0.25) is 0 Å². The molecule has 0 spiro atoms. The largest absolute Gasteiger partial charge is 0.496 e. The third kappa shape index (κ3) is 6.31. The van der Waals surface area contributed by atoms with Gasteiger partial charge in [-0.15, -0.1) is 0 Å². The van der Waals surface area contributed by atoms with E-state index in [-0.39, 0.29) is 6.61 Å². The highest BCUT2D eigenvalue weighted by atomic mass is 28.4. The van der Waals surface area contributed by atoms with Gasteiger partial charge in [0.05, 0.1) is 13.7 Å². The Morgan fingerprint density at radius 2 is 1.33 bits per heavy atom. The van der Waals surface area contributed by atoms with Crippen LogP contribution >= 0.6 is 0 Å². The van der Waals surface area contributed by atoms with Gasteiger partial charge < -0.3 is 14.0 Å². The van der Waals surface area contributed by atoms with E-state index in [4.69, 9.17) is 8.85 Å². The summed E-state index contributed by atoms with van der Waals surface area (Å²) >= 11 is 0. The smallest absolute Gasteiger partial charge is 0.177 e. The predicted molar refractivity (Wildman–Crippen MR) is 118 cm³/mol. The average Bonchev–Trinajstić information content (AvgIpc) is 2.56. The molecule has 0 atom stereocenters. The average molecular weight is 403 g/mol. The molecule has 148 valence electrons. The summed E-state index contributed by atoms with van der Waals surface area (Å²) in [6.45, 7) is 13.4. The fraction of sp³-hybridized carbons (Fsp3) is 0.455. The molecule has 0 unspecified atom stereocenters. The summed E-state index contributed by atoms with van der Waals surface area (Å²) in [4.78, 5) is 0. The van der Waals surface area contributed by atoms with Crippen molar-refractivity contribution in [3.05, 3.63) is 64.2 Å². The molecule has 0 aliphatic heterocycles. The monoisotopic (exact) mass is 402 g/mol. The third-order valence-electron chi connectivity index (χ3n) is 4.87. The first-order valence-electron chi connectivity index (χ1n) is 9.58. The molecule has 0 aliphatic rings. The number of benzene rings is 2. The van der Waals surface area contributed by atoms with Crippen LogP contribution in [0.1, 0.15) is 27.8 Å². The second kappa shape index (κ2) is 8.73. The number of hydrogen-bond acceptors (Lipinski definition) is 3. The van der Waals surface area contributed by atoms with Crippen molar-refractivity contribution in [2.24, 2.45) is 0 Å². The molecule has 2 aromatic rings. The van der Waals surface area contributed by atoms with E-state index in [0.717, 1.165) is 34.5 Å². The van der Waals surface area contributed by atoms with Crippen LogP contribution in [0.3, 0.4) is 0 Å². The lowest BCUT2D eigenvalue weighted by atomic mass is 10.1. The summed E-state index contributed by atoms with van der Waals surface area (Å²) < 4.78 is 12.3. The molecule has 0 aromatic heterocycles. The van der Waals surface area contributed by atoms with Gasteiger partial charge in [-0.05, 0) is 86.0 Å². The molecule has 0 heterocycles. The first kappa shape index (κ1) is 21.9. The van der Waals surface area contributed by atoms with Crippen LogP contribution in [0, 0.1) is 13.8 Å². The van der Waals surface area contributed by atoms with E-state index in [9.17, 15) is 5.11 Å². The molecular formula is C22H34O3Si2. The zero-order valence-corrected chi connectivity index (χ0v) is 19.8. The van der Waals surface area contributed by atoms with Crippen LogP contribution in [0.15, 0.2) is 36.4 Å². The number of aliphatic hydroxyl groups excluding tert-OH is 1. The fourth-order valence-electron chi connectivity index (χ4n) is 3.78. The van der Waals surface area contributed by atoms with Gasteiger partial charge in [-0.2, -0.15) is 0 Å². The number of rotatable bonds is 8. The molecule has 0 radical (unpaired) electrons. The summed E-state index contributed by atoms with van der Waals surface area (Å²) in [7, 11) is -2.01. The van der Waals surface area contributed by atoms with Crippen LogP contribution in [0.4, 0.5) is 0 Å².